The molecule has 0 saturated heterocycles. The third kappa shape index (κ3) is 3.32. The molecule has 3 nitrogen and oxygen atoms in total. The summed E-state index contributed by atoms with van der Waals surface area (Å²) >= 11 is 0. The van der Waals surface area contributed by atoms with E-state index in [1.54, 1.807) is 26.1 Å². The molecule has 0 fully saturated rings. The first-order chi connectivity index (χ1) is 7.00. The van der Waals surface area contributed by atoms with Crippen LogP contribution in [-0.2, 0) is 11.3 Å². The highest BCUT2D eigenvalue weighted by molar-refractivity contribution is 5.80. The van der Waals surface area contributed by atoms with Gasteiger partial charge in [-0.05, 0) is 24.6 Å². The molecule has 0 radical (unpaired) electrons. The van der Waals surface area contributed by atoms with Crippen molar-refractivity contribution in [2.45, 2.75) is 19.5 Å². The second-order valence-corrected chi connectivity index (χ2v) is 3.61. The fourth-order valence-corrected chi connectivity index (χ4v) is 1.29. The molecule has 0 aliphatic carbocycles. The highest BCUT2D eigenvalue weighted by Crippen LogP contribution is 2.06. The van der Waals surface area contributed by atoms with Gasteiger partial charge in [0.2, 0.25) is 5.91 Å². The van der Waals surface area contributed by atoms with E-state index in [1.807, 2.05) is 0 Å². The summed E-state index contributed by atoms with van der Waals surface area (Å²) in [6.07, 6.45) is 0. The van der Waals surface area contributed by atoms with E-state index in [4.69, 9.17) is 5.73 Å². The Morgan fingerprint density at radius 2 is 2.00 bits per heavy atom. The van der Waals surface area contributed by atoms with Crippen molar-refractivity contribution in [1.82, 2.24) is 4.90 Å². The number of likely N-dealkylation sites (N-methyl/N-ethyl adjacent to an activating group) is 1. The van der Waals surface area contributed by atoms with Crippen LogP contribution in [0.2, 0.25) is 0 Å². The molecular formula is C11H15FN2O. The van der Waals surface area contributed by atoms with Crippen LogP contribution in [-0.4, -0.2) is 23.9 Å². The smallest absolute Gasteiger partial charge is 0.239 e. The van der Waals surface area contributed by atoms with Gasteiger partial charge in [-0.15, -0.1) is 0 Å². The predicted molar refractivity (Wildman–Crippen MR) is 56.5 cm³/mol. The standard InChI is InChI=1S/C11H15FN2O/c1-8(13)11(15)14(2)7-9-3-5-10(12)6-4-9/h3-6,8H,7,13H2,1-2H3. The predicted octanol–water partition coefficient (Wildman–Crippen LogP) is 1.13. The largest absolute Gasteiger partial charge is 0.340 e. The minimum Gasteiger partial charge on any atom is -0.340 e. The number of amides is 1. The fraction of sp³-hybridized carbons (Fsp3) is 0.364. The van der Waals surface area contributed by atoms with Crippen LogP contribution < -0.4 is 5.73 Å². The molecule has 0 aliphatic rings. The van der Waals surface area contributed by atoms with E-state index in [9.17, 15) is 9.18 Å². The molecule has 0 aliphatic heterocycles. The van der Waals surface area contributed by atoms with Gasteiger partial charge < -0.3 is 10.6 Å². The Hall–Kier alpha value is -1.42. The lowest BCUT2D eigenvalue weighted by atomic mass is 10.2. The van der Waals surface area contributed by atoms with Gasteiger partial charge in [-0.3, -0.25) is 4.79 Å². The topological polar surface area (TPSA) is 46.3 Å². The first-order valence-electron chi connectivity index (χ1n) is 4.75. The summed E-state index contributed by atoms with van der Waals surface area (Å²) in [5.74, 6) is -0.403. The maximum atomic E-state index is 12.6. The molecule has 82 valence electrons. The molecule has 0 heterocycles. The van der Waals surface area contributed by atoms with Crippen LogP contribution in [0.15, 0.2) is 24.3 Å². The van der Waals surface area contributed by atoms with E-state index in [-0.39, 0.29) is 11.7 Å². The van der Waals surface area contributed by atoms with E-state index in [2.05, 4.69) is 0 Å². The average Bonchev–Trinajstić information content (AvgIpc) is 2.20. The lowest BCUT2D eigenvalue weighted by molar-refractivity contribution is -0.131. The van der Waals surface area contributed by atoms with Gasteiger partial charge in [0.25, 0.3) is 0 Å². The zero-order valence-corrected chi connectivity index (χ0v) is 8.90. The highest BCUT2D eigenvalue weighted by Gasteiger charge is 2.13. The van der Waals surface area contributed by atoms with Crippen LogP contribution in [0.4, 0.5) is 4.39 Å². The highest BCUT2D eigenvalue weighted by atomic mass is 19.1. The molecular weight excluding hydrogens is 195 g/mol. The summed E-state index contributed by atoms with van der Waals surface area (Å²) in [5.41, 5.74) is 6.35. The number of hydrogen-bond acceptors (Lipinski definition) is 2. The number of hydrogen-bond donors (Lipinski definition) is 1. The number of halogens is 1. The van der Waals surface area contributed by atoms with Crippen molar-refractivity contribution in [3.63, 3.8) is 0 Å². The Bertz CT molecular complexity index is 335. The molecule has 1 unspecified atom stereocenters. The lowest BCUT2D eigenvalue weighted by Gasteiger charge is -2.19. The summed E-state index contributed by atoms with van der Waals surface area (Å²) in [6.45, 7) is 2.09. The Balaban J connectivity index is 2.62. The van der Waals surface area contributed by atoms with Gasteiger partial charge in [-0.1, -0.05) is 12.1 Å². The normalized spacial score (nSPS) is 12.3. The number of benzene rings is 1. The van der Waals surface area contributed by atoms with Crippen molar-refractivity contribution < 1.29 is 9.18 Å². The van der Waals surface area contributed by atoms with E-state index < -0.39 is 6.04 Å². The monoisotopic (exact) mass is 210 g/mol. The lowest BCUT2D eigenvalue weighted by Crippen LogP contribution is -2.39. The molecule has 1 aromatic carbocycles. The van der Waals surface area contributed by atoms with Crippen molar-refractivity contribution in [2.75, 3.05) is 7.05 Å². The van der Waals surface area contributed by atoms with Crippen LogP contribution in [0.3, 0.4) is 0 Å². The molecule has 0 spiro atoms. The molecule has 1 aromatic rings. The van der Waals surface area contributed by atoms with Crippen LogP contribution in [0.1, 0.15) is 12.5 Å². The van der Waals surface area contributed by atoms with Gasteiger partial charge >= 0.3 is 0 Å². The molecule has 0 aromatic heterocycles. The van der Waals surface area contributed by atoms with Gasteiger partial charge in [0.1, 0.15) is 5.82 Å². The van der Waals surface area contributed by atoms with E-state index in [0.29, 0.717) is 6.54 Å². The minimum atomic E-state index is -0.504. The zero-order chi connectivity index (χ0) is 11.4. The SMILES string of the molecule is CC(N)C(=O)N(C)Cc1ccc(F)cc1. The fourth-order valence-electron chi connectivity index (χ4n) is 1.29. The first kappa shape index (κ1) is 11.7. The summed E-state index contributed by atoms with van der Waals surface area (Å²) in [6, 6.07) is 5.55. The Morgan fingerprint density at radius 1 is 1.47 bits per heavy atom. The molecule has 1 amide bonds. The van der Waals surface area contributed by atoms with Crippen LogP contribution in [0, 0.1) is 5.82 Å². The number of carbonyl (C=O) groups is 1. The van der Waals surface area contributed by atoms with Gasteiger partial charge in [-0.25, -0.2) is 4.39 Å². The summed E-state index contributed by atoms with van der Waals surface area (Å²) in [5, 5.41) is 0. The quantitative estimate of drug-likeness (QED) is 0.813. The second kappa shape index (κ2) is 4.89. The summed E-state index contributed by atoms with van der Waals surface area (Å²) in [7, 11) is 1.68. The van der Waals surface area contributed by atoms with Crippen molar-refractivity contribution in [1.29, 1.82) is 0 Å². The first-order valence-corrected chi connectivity index (χ1v) is 4.75. The summed E-state index contributed by atoms with van der Waals surface area (Å²) < 4.78 is 12.6. The van der Waals surface area contributed by atoms with Crippen molar-refractivity contribution in [3.8, 4) is 0 Å². The van der Waals surface area contributed by atoms with Crippen molar-refractivity contribution in [3.05, 3.63) is 35.6 Å². The molecule has 0 bridgehead atoms. The Labute approximate surface area is 88.7 Å². The van der Waals surface area contributed by atoms with Gasteiger partial charge in [0.05, 0.1) is 6.04 Å². The zero-order valence-electron chi connectivity index (χ0n) is 8.90. The van der Waals surface area contributed by atoms with Gasteiger partial charge in [-0.2, -0.15) is 0 Å². The molecule has 0 saturated carbocycles. The van der Waals surface area contributed by atoms with E-state index in [0.717, 1.165) is 5.56 Å². The number of nitrogens with two attached hydrogens (primary N) is 1. The van der Waals surface area contributed by atoms with E-state index in [1.165, 1.54) is 17.0 Å². The molecule has 4 heteroatoms. The van der Waals surface area contributed by atoms with Crippen molar-refractivity contribution >= 4 is 5.91 Å². The van der Waals surface area contributed by atoms with E-state index >= 15 is 0 Å². The minimum absolute atomic E-state index is 0.126. The Kier molecular flexibility index (Phi) is 3.80. The van der Waals surface area contributed by atoms with Crippen LogP contribution >= 0.6 is 0 Å². The molecule has 1 atom stereocenters. The maximum absolute atomic E-state index is 12.6. The third-order valence-electron chi connectivity index (χ3n) is 2.10. The van der Waals surface area contributed by atoms with Crippen LogP contribution in [0.25, 0.3) is 0 Å². The maximum Gasteiger partial charge on any atom is 0.239 e. The summed E-state index contributed by atoms with van der Waals surface area (Å²) in [4.78, 5) is 13.0. The van der Waals surface area contributed by atoms with Gasteiger partial charge in [0, 0.05) is 13.6 Å². The van der Waals surface area contributed by atoms with Crippen molar-refractivity contribution in [2.24, 2.45) is 5.73 Å². The average molecular weight is 210 g/mol. The van der Waals surface area contributed by atoms with Crippen LogP contribution in [0.5, 0.6) is 0 Å². The number of rotatable bonds is 3. The molecule has 2 N–H and O–H groups in total. The number of nitrogens with zero attached hydrogens (tertiary/aromatic N) is 1. The molecule has 1 rings (SSSR count). The third-order valence-corrected chi connectivity index (χ3v) is 2.10. The van der Waals surface area contributed by atoms with Gasteiger partial charge in [0.15, 0.2) is 0 Å². The second-order valence-electron chi connectivity index (χ2n) is 3.61. The molecule has 15 heavy (non-hydrogen) atoms. The Morgan fingerprint density at radius 3 is 2.47 bits per heavy atom. The number of carbonyl (C=O) groups excluding carboxylic acids is 1.